The molecule has 4 nitrogen and oxygen atoms in total. The molecule has 0 saturated carbocycles. The van der Waals surface area contributed by atoms with E-state index in [1.54, 1.807) is 18.2 Å². The van der Waals surface area contributed by atoms with Gasteiger partial charge in [0.25, 0.3) is 0 Å². The van der Waals surface area contributed by atoms with Crippen LogP contribution in [0.25, 0.3) is 5.65 Å². The third kappa shape index (κ3) is 2.99. The van der Waals surface area contributed by atoms with Crippen LogP contribution in [0.2, 0.25) is 5.02 Å². The molecule has 0 fully saturated rings. The molecule has 3 aromatic rings. The number of benzene rings is 1. The minimum absolute atomic E-state index is 0.270. The molecule has 0 aliphatic rings. The van der Waals surface area contributed by atoms with Gasteiger partial charge < -0.3 is 14.9 Å². The van der Waals surface area contributed by atoms with Gasteiger partial charge in [0.05, 0.1) is 10.7 Å². The molecule has 0 spiro atoms. The van der Waals surface area contributed by atoms with E-state index in [-0.39, 0.29) is 4.99 Å². The third-order valence-electron chi connectivity index (χ3n) is 3.01. The molecule has 0 aliphatic heterocycles. The van der Waals surface area contributed by atoms with E-state index in [9.17, 15) is 0 Å². The summed E-state index contributed by atoms with van der Waals surface area (Å²) >= 11 is 11.0. The highest BCUT2D eigenvalue weighted by Gasteiger charge is 2.06. The summed E-state index contributed by atoms with van der Waals surface area (Å²) in [6.07, 6.45) is 3.88. The van der Waals surface area contributed by atoms with Gasteiger partial charge in [0.1, 0.15) is 23.0 Å². The minimum Gasteiger partial charge on any atom is -0.487 e. The van der Waals surface area contributed by atoms with Crippen LogP contribution in [0.15, 0.2) is 48.8 Å². The van der Waals surface area contributed by atoms with Crippen molar-refractivity contribution >= 4 is 34.5 Å². The van der Waals surface area contributed by atoms with E-state index in [4.69, 9.17) is 34.3 Å². The molecule has 0 radical (unpaired) electrons. The molecule has 106 valence electrons. The van der Waals surface area contributed by atoms with E-state index in [1.807, 2.05) is 35.0 Å². The van der Waals surface area contributed by atoms with Crippen molar-refractivity contribution in [3.05, 3.63) is 65.1 Å². The van der Waals surface area contributed by atoms with Gasteiger partial charge in [0.2, 0.25) is 0 Å². The summed E-state index contributed by atoms with van der Waals surface area (Å²) in [6.45, 7) is 0.366. The number of hydrogen-bond acceptors (Lipinski definition) is 3. The average Bonchev–Trinajstić information content (AvgIpc) is 2.87. The summed E-state index contributed by atoms with van der Waals surface area (Å²) in [5.41, 5.74) is 7.94. The van der Waals surface area contributed by atoms with Crippen LogP contribution in [0.4, 0.5) is 0 Å². The first kappa shape index (κ1) is 13.9. The zero-order valence-corrected chi connectivity index (χ0v) is 12.6. The van der Waals surface area contributed by atoms with Gasteiger partial charge in [-0.25, -0.2) is 4.98 Å². The third-order valence-corrected chi connectivity index (χ3v) is 3.54. The Bertz CT molecular complexity index is 783. The molecular formula is C15H12ClN3OS. The van der Waals surface area contributed by atoms with Gasteiger partial charge in [-0.2, -0.15) is 0 Å². The number of aromatic nitrogens is 2. The maximum absolute atomic E-state index is 6.10. The van der Waals surface area contributed by atoms with Crippen molar-refractivity contribution in [3.63, 3.8) is 0 Å². The fourth-order valence-electron chi connectivity index (χ4n) is 2.00. The summed E-state index contributed by atoms with van der Waals surface area (Å²) in [5, 5.41) is 0.481. The summed E-state index contributed by atoms with van der Waals surface area (Å²) < 4.78 is 7.64. The molecule has 0 atom stereocenters. The summed E-state index contributed by atoms with van der Waals surface area (Å²) in [6, 6.07) is 11.1. The number of fused-ring (bicyclic) bond motifs is 1. The lowest BCUT2D eigenvalue weighted by Crippen LogP contribution is -2.09. The summed E-state index contributed by atoms with van der Waals surface area (Å²) in [5.74, 6) is 0.650. The monoisotopic (exact) mass is 317 g/mol. The van der Waals surface area contributed by atoms with Crippen molar-refractivity contribution in [2.24, 2.45) is 5.73 Å². The average molecular weight is 318 g/mol. The Hall–Kier alpha value is -2.11. The Morgan fingerprint density at radius 2 is 2.19 bits per heavy atom. The van der Waals surface area contributed by atoms with Crippen molar-refractivity contribution < 1.29 is 4.74 Å². The highest BCUT2D eigenvalue weighted by Crippen LogP contribution is 2.23. The van der Waals surface area contributed by atoms with Gasteiger partial charge >= 0.3 is 0 Å². The van der Waals surface area contributed by atoms with E-state index < -0.39 is 0 Å². The Kier molecular flexibility index (Phi) is 3.77. The standard InChI is InChI=1S/C15H12ClN3OS/c16-13-7-11(4-5-12(13)15(17)21)20-9-10-8-19-6-2-1-3-14(19)18-10/h1-8H,9H2,(H2,17,21). The Morgan fingerprint density at radius 3 is 2.90 bits per heavy atom. The van der Waals surface area contributed by atoms with Crippen molar-refractivity contribution in [2.45, 2.75) is 6.61 Å². The van der Waals surface area contributed by atoms with E-state index >= 15 is 0 Å². The lowest BCUT2D eigenvalue weighted by atomic mass is 10.2. The second-order valence-electron chi connectivity index (χ2n) is 4.49. The predicted octanol–water partition coefficient (Wildman–Crippen LogP) is 3.20. The molecule has 0 bridgehead atoms. The van der Waals surface area contributed by atoms with E-state index in [2.05, 4.69) is 4.98 Å². The lowest BCUT2D eigenvalue weighted by molar-refractivity contribution is 0.302. The summed E-state index contributed by atoms with van der Waals surface area (Å²) in [4.78, 5) is 4.73. The van der Waals surface area contributed by atoms with Gasteiger partial charge in [-0.1, -0.05) is 29.9 Å². The van der Waals surface area contributed by atoms with E-state index in [1.165, 1.54) is 0 Å². The topological polar surface area (TPSA) is 52.5 Å². The maximum atomic E-state index is 6.10. The van der Waals surface area contributed by atoms with E-state index in [0.717, 1.165) is 11.3 Å². The van der Waals surface area contributed by atoms with Crippen LogP contribution in [-0.4, -0.2) is 14.4 Å². The Labute approximate surface area is 132 Å². The Morgan fingerprint density at radius 1 is 1.33 bits per heavy atom. The van der Waals surface area contributed by atoms with Gasteiger partial charge in [0.15, 0.2) is 0 Å². The van der Waals surface area contributed by atoms with Crippen LogP contribution >= 0.6 is 23.8 Å². The second-order valence-corrected chi connectivity index (χ2v) is 5.34. The molecule has 1 aromatic carbocycles. The number of hydrogen-bond donors (Lipinski definition) is 1. The number of nitrogens with two attached hydrogens (primary N) is 1. The fraction of sp³-hybridized carbons (Fsp3) is 0.0667. The lowest BCUT2D eigenvalue weighted by Gasteiger charge is -2.07. The molecule has 2 aromatic heterocycles. The van der Waals surface area contributed by atoms with E-state index in [0.29, 0.717) is 22.9 Å². The first-order valence-electron chi connectivity index (χ1n) is 6.28. The molecule has 0 unspecified atom stereocenters. The summed E-state index contributed by atoms with van der Waals surface area (Å²) in [7, 11) is 0. The van der Waals surface area contributed by atoms with Crippen LogP contribution in [0.1, 0.15) is 11.3 Å². The second kappa shape index (κ2) is 5.71. The molecule has 0 amide bonds. The van der Waals surface area contributed by atoms with Crippen LogP contribution in [0.5, 0.6) is 5.75 Å². The molecule has 21 heavy (non-hydrogen) atoms. The zero-order chi connectivity index (χ0) is 14.8. The number of nitrogens with zero attached hydrogens (tertiary/aromatic N) is 2. The highest BCUT2D eigenvalue weighted by atomic mass is 35.5. The molecule has 0 saturated heterocycles. The number of halogens is 1. The highest BCUT2D eigenvalue weighted by molar-refractivity contribution is 7.80. The fourth-order valence-corrected chi connectivity index (χ4v) is 2.51. The number of ether oxygens (including phenoxy) is 1. The normalized spacial score (nSPS) is 10.7. The molecule has 3 rings (SSSR count). The van der Waals surface area contributed by atoms with Crippen LogP contribution < -0.4 is 10.5 Å². The molecule has 0 aliphatic carbocycles. The van der Waals surface area contributed by atoms with Gasteiger partial charge in [-0.05, 0) is 30.3 Å². The van der Waals surface area contributed by atoms with Crippen LogP contribution in [-0.2, 0) is 6.61 Å². The quantitative estimate of drug-likeness (QED) is 0.751. The SMILES string of the molecule is NC(=S)c1ccc(OCc2cn3ccccc3n2)cc1Cl. The first-order valence-corrected chi connectivity index (χ1v) is 7.07. The molecule has 2 heterocycles. The van der Waals surface area contributed by atoms with Crippen molar-refractivity contribution in [1.29, 1.82) is 0 Å². The van der Waals surface area contributed by atoms with Gasteiger partial charge in [-0.15, -0.1) is 0 Å². The molecular weight excluding hydrogens is 306 g/mol. The van der Waals surface area contributed by atoms with Gasteiger partial charge in [-0.3, -0.25) is 0 Å². The number of thiocarbonyl (C=S) groups is 1. The van der Waals surface area contributed by atoms with Gasteiger partial charge in [0, 0.05) is 18.0 Å². The Balaban J connectivity index is 1.75. The molecule has 6 heteroatoms. The smallest absolute Gasteiger partial charge is 0.137 e. The number of pyridine rings is 1. The minimum atomic E-state index is 0.270. The zero-order valence-electron chi connectivity index (χ0n) is 11.0. The molecule has 2 N–H and O–H groups in total. The van der Waals surface area contributed by atoms with Crippen molar-refractivity contribution in [1.82, 2.24) is 9.38 Å². The van der Waals surface area contributed by atoms with Crippen molar-refractivity contribution in [3.8, 4) is 5.75 Å². The van der Waals surface area contributed by atoms with Crippen LogP contribution in [0.3, 0.4) is 0 Å². The number of rotatable bonds is 4. The predicted molar refractivity (Wildman–Crippen MR) is 86.9 cm³/mol. The maximum Gasteiger partial charge on any atom is 0.137 e. The first-order chi connectivity index (χ1) is 10.1. The largest absolute Gasteiger partial charge is 0.487 e. The van der Waals surface area contributed by atoms with Crippen molar-refractivity contribution in [2.75, 3.05) is 0 Å². The van der Waals surface area contributed by atoms with Crippen LogP contribution in [0, 0.1) is 0 Å². The number of imidazole rings is 1.